The lowest BCUT2D eigenvalue weighted by molar-refractivity contribution is -0.147. The van der Waals surface area contributed by atoms with Crippen molar-refractivity contribution in [3.63, 3.8) is 0 Å². The van der Waals surface area contributed by atoms with E-state index in [1.807, 2.05) is 48.7 Å². The maximum atomic E-state index is 12.1. The van der Waals surface area contributed by atoms with Crippen LogP contribution in [0.3, 0.4) is 0 Å². The van der Waals surface area contributed by atoms with Gasteiger partial charge in [-0.15, -0.1) is 22.7 Å². The second-order valence-corrected chi connectivity index (χ2v) is 7.28. The zero-order valence-electron chi connectivity index (χ0n) is 12.5. The van der Waals surface area contributed by atoms with Gasteiger partial charge in [-0.3, -0.25) is 10.2 Å². The quantitative estimate of drug-likeness (QED) is 0.416. The molecule has 0 saturated heterocycles. The van der Waals surface area contributed by atoms with Crippen molar-refractivity contribution in [2.45, 2.75) is 19.4 Å². The standard InChI is InChI=1S/C17H16N2O2S2/c1-10(13-3-2-6-22-13)21-16(20)8-11-4-5-12-9-15(17(18)19)23-14(12)7-11/h2-7,9-10H,8H2,1H3,(H3,18,19). The summed E-state index contributed by atoms with van der Waals surface area (Å²) in [5.74, 6) is -0.175. The summed E-state index contributed by atoms with van der Waals surface area (Å²) in [6.45, 7) is 1.88. The molecule has 0 aliphatic heterocycles. The van der Waals surface area contributed by atoms with Crippen LogP contribution >= 0.6 is 22.7 Å². The molecule has 0 aliphatic rings. The van der Waals surface area contributed by atoms with Crippen LogP contribution in [0.1, 0.15) is 28.3 Å². The Balaban J connectivity index is 1.70. The van der Waals surface area contributed by atoms with Gasteiger partial charge < -0.3 is 10.5 Å². The van der Waals surface area contributed by atoms with E-state index in [9.17, 15) is 4.79 Å². The molecule has 2 aromatic heterocycles. The summed E-state index contributed by atoms with van der Waals surface area (Å²) in [6, 6.07) is 11.6. The number of hydrogen-bond acceptors (Lipinski definition) is 5. The van der Waals surface area contributed by atoms with Gasteiger partial charge in [-0.05, 0) is 41.5 Å². The van der Waals surface area contributed by atoms with E-state index < -0.39 is 0 Å². The van der Waals surface area contributed by atoms with Crippen molar-refractivity contribution in [2.75, 3.05) is 0 Å². The maximum absolute atomic E-state index is 12.1. The van der Waals surface area contributed by atoms with E-state index in [0.29, 0.717) is 0 Å². The van der Waals surface area contributed by atoms with Crippen LogP contribution in [-0.4, -0.2) is 11.8 Å². The van der Waals surface area contributed by atoms with Crippen molar-refractivity contribution in [1.82, 2.24) is 0 Å². The molecule has 2 heterocycles. The van der Waals surface area contributed by atoms with Gasteiger partial charge in [0.25, 0.3) is 0 Å². The molecule has 3 aromatic rings. The molecule has 118 valence electrons. The number of ether oxygens (including phenoxy) is 1. The van der Waals surface area contributed by atoms with Gasteiger partial charge >= 0.3 is 5.97 Å². The average molecular weight is 344 g/mol. The number of nitrogen functional groups attached to an aromatic ring is 1. The second-order valence-electron chi connectivity index (χ2n) is 5.22. The fourth-order valence-electron chi connectivity index (χ4n) is 2.30. The topological polar surface area (TPSA) is 76.2 Å². The Hall–Kier alpha value is -2.18. The maximum Gasteiger partial charge on any atom is 0.310 e. The second kappa shape index (κ2) is 6.52. The Bertz CT molecular complexity index is 853. The SMILES string of the molecule is CC(OC(=O)Cc1ccc2cc(C(=N)N)sc2c1)c1cccs1. The number of fused-ring (bicyclic) bond motifs is 1. The highest BCUT2D eigenvalue weighted by Gasteiger charge is 2.14. The first kappa shape index (κ1) is 15.7. The van der Waals surface area contributed by atoms with Gasteiger partial charge in [0.05, 0.1) is 11.3 Å². The van der Waals surface area contributed by atoms with E-state index in [0.717, 1.165) is 25.4 Å². The van der Waals surface area contributed by atoms with Gasteiger partial charge in [-0.2, -0.15) is 0 Å². The van der Waals surface area contributed by atoms with Crippen LogP contribution in [0.4, 0.5) is 0 Å². The summed E-state index contributed by atoms with van der Waals surface area (Å²) in [5, 5.41) is 10.5. The molecule has 3 N–H and O–H groups in total. The molecule has 0 radical (unpaired) electrons. The third-order valence-corrected chi connectivity index (χ3v) is 5.62. The van der Waals surface area contributed by atoms with Gasteiger partial charge in [-0.25, -0.2) is 0 Å². The van der Waals surface area contributed by atoms with E-state index in [-0.39, 0.29) is 24.3 Å². The molecule has 6 heteroatoms. The summed E-state index contributed by atoms with van der Waals surface area (Å²) in [6.07, 6.45) is 0.0103. The number of hydrogen-bond donors (Lipinski definition) is 2. The molecule has 0 aliphatic carbocycles. The number of thiophene rings is 2. The monoisotopic (exact) mass is 344 g/mol. The molecule has 0 bridgehead atoms. The fourth-order valence-corrected chi connectivity index (χ4v) is 4.00. The lowest BCUT2D eigenvalue weighted by Gasteiger charge is -2.11. The number of nitrogens with one attached hydrogen (secondary N) is 1. The van der Waals surface area contributed by atoms with Crippen LogP contribution < -0.4 is 5.73 Å². The van der Waals surface area contributed by atoms with Crippen molar-refractivity contribution >= 4 is 44.6 Å². The van der Waals surface area contributed by atoms with Crippen LogP contribution in [0.25, 0.3) is 10.1 Å². The van der Waals surface area contributed by atoms with Gasteiger partial charge in [0, 0.05) is 9.58 Å². The molecule has 0 amide bonds. The molecular weight excluding hydrogens is 328 g/mol. The van der Waals surface area contributed by atoms with E-state index in [1.165, 1.54) is 11.3 Å². The molecule has 0 saturated carbocycles. The number of carbonyl (C=O) groups excluding carboxylic acids is 1. The van der Waals surface area contributed by atoms with Crippen LogP contribution in [0.2, 0.25) is 0 Å². The van der Waals surface area contributed by atoms with E-state index >= 15 is 0 Å². The van der Waals surface area contributed by atoms with E-state index in [2.05, 4.69) is 0 Å². The highest BCUT2D eigenvalue weighted by Crippen LogP contribution is 2.27. The molecule has 0 fully saturated rings. The summed E-state index contributed by atoms with van der Waals surface area (Å²) >= 11 is 3.04. The minimum absolute atomic E-state index is 0.0666. The Morgan fingerprint density at radius 3 is 2.87 bits per heavy atom. The van der Waals surface area contributed by atoms with E-state index in [1.54, 1.807) is 11.3 Å². The largest absolute Gasteiger partial charge is 0.457 e. The Labute approximate surface area is 142 Å². The Morgan fingerprint density at radius 2 is 2.17 bits per heavy atom. The number of esters is 1. The predicted molar refractivity (Wildman–Crippen MR) is 95.4 cm³/mol. The van der Waals surface area contributed by atoms with E-state index in [4.69, 9.17) is 15.9 Å². The molecule has 0 spiro atoms. The molecule has 1 atom stereocenters. The lowest BCUT2D eigenvalue weighted by Crippen LogP contribution is -2.10. The highest BCUT2D eigenvalue weighted by molar-refractivity contribution is 7.20. The zero-order valence-corrected chi connectivity index (χ0v) is 14.2. The number of rotatable bonds is 5. The van der Waals surface area contributed by atoms with Crippen LogP contribution in [0.15, 0.2) is 41.8 Å². The van der Waals surface area contributed by atoms with Crippen molar-refractivity contribution in [2.24, 2.45) is 5.73 Å². The molecular formula is C17H16N2O2S2. The number of amidine groups is 1. The minimum Gasteiger partial charge on any atom is -0.457 e. The third-order valence-electron chi connectivity index (χ3n) is 3.45. The first-order valence-corrected chi connectivity index (χ1v) is 8.82. The molecule has 1 aromatic carbocycles. The third kappa shape index (κ3) is 3.60. The van der Waals surface area contributed by atoms with Gasteiger partial charge in [-0.1, -0.05) is 18.2 Å². The van der Waals surface area contributed by atoms with Crippen molar-refractivity contribution < 1.29 is 9.53 Å². The Morgan fingerprint density at radius 1 is 1.35 bits per heavy atom. The van der Waals surface area contributed by atoms with Gasteiger partial charge in [0.2, 0.25) is 0 Å². The van der Waals surface area contributed by atoms with Gasteiger partial charge in [0.1, 0.15) is 11.9 Å². The average Bonchev–Trinajstić information content (AvgIpc) is 3.16. The highest BCUT2D eigenvalue weighted by atomic mass is 32.1. The normalized spacial score (nSPS) is 12.2. The van der Waals surface area contributed by atoms with Crippen LogP contribution in [-0.2, 0) is 16.0 Å². The minimum atomic E-state index is -0.242. The molecule has 23 heavy (non-hydrogen) atoms. The predicted octanol–water partition coefficient (Wildman–Crippen LogP) is 4.09. The summed E-state index contributed by atoms with van der Waals surface area (Å²) in [5.41, 5.74) is 6.42. The molecule has 1 unspecified atom stereocenters. The number of benzene rings is 1. The number of nitrogens with two attached hydrogens (primary N) is 1. The summed E-state index contributed by atoms with van der Waals surface area (Å²) < 4.78 is 6.50. The molecule has 4 nitrogen and oxygen atoms in total. The van der Waals surface area contributed by atoms with Crippen molar-refractivity contribution in [1.29, 1.82) is 5.41 Å². The zero-order chi connectivity index (χ0) is 16.4. The van der Waals surface area contributed by atoms with Crippen LogP contribution in [0.5, 0.6) is 0 Å². The first-order valence-electron chi connectivity index (χ1n) is 7.12. The lowest BCUT2D eigenvalue weighted by atomic mass is 10.1. The fraction of sp³-hybridized carbons (Fsp3) is 0.176. The summed E-state index contributed by atoms with van der Waals surface area (Å²) in [4.78, 5) is 13.9. The van der Waals surface area contributed by atoms with Crippen molar-refractivity contribution in [3.8, 4) is 0 Å². The molecule has 3 rings (SSSR count). The van der Waals surface area contributed by atoms with Crippen molar-refractivity contribution in [3.05, 3.63) is 57.1 Å². The van der Waals surface area contributed by atoms with Crippen LogP contribution in [0, 0.1) is 5.41 Å². The smallest absolute Gasteiger partial charge is 0.310 e. The first-order chi connectivity index (χ1) is 11.0. The summed E-state index contributed by atoms with van der Waals surface area (Å²) in [7, 11) is 0. The Kier molecular flexibility index (Phi) is 4.45. The number of carbonyl (C=O) groups is 1. The van der Waals surface area contributed by atoms with Gasteiger partial charge in [0.15, 0.2) is 0 Å².